The van der Waals surface area contributed by atoms with Crippen molar-refractivity contribution in [1.82, 2.24) is 4.90 Å². The maximum absolute atomic E-state index is 12.3. The number of rotatable bonds is 2. The normalized spacial score (nSPS) is 21.8. The number of hydrogen-bond acceptors (Lipinski definition) is 5. The van der Waals surface area contributed by atoms with Gasteiger partial charge in [0, 0.05) is 31.9 Å². The molecule has 2 aliphatic heterocycles. The van der Waals surface area contributed by atoms with Crippen molar-refractivity contribution in [2.75, 3.05) is 31.1 Å². The number of hydrogen-bond donors (Lipinski definition) is 0. The Hall–Kier alpha value is -1.73. The predicted molar refractivity (Wildman–Crippen MR) is 112 cm³/mol. The Morgan fingerprint density at radius 3 is 2.14 bits per heavy atom. The highest BCUT2D eigenvalue weighted by Crippen LogP contribution is 2.36. The fourth-order valence-corrected chi connectivity index (χ4v) is 3.32. The number of carbonyl (C=O) groups excluding carboxylic acids is 1. The van der Waals surface area contributed by atoms with Crippen molar-refractivity contribution >= 4 is 24.4 Å². The highest BCUT2D eigenvalue weighted by molar-refractivity contribution is 6.62. The van der Waals surface area contributed by atoms with E-state index in [1.165, 1.54) is 0 Å². The van der Waals surface area contributed by atoms with Gasteiger partial charge in [0.15, 0.2) is 0 Å². The van der Waals surface area contributed by atoms with Crippen LogP contribution in [0.25, 0.3) is 0 Å². The fourth-order valence-electron chi connectivity index (χ4n) is 3.32. The van der Waals surface area contributed by atoms with Gasteiger partial charge >= 0.3 is 13.2 Å². The second kappa shape index (κ2) is 7.27. The minimum Gasteiger partial charge on any atom is -0.444 e. The zero-order valence-corrected chi connectivity index (χ0v) is 18.2. The Kier molecular flexibility index (Phi) is 5.45. The maximum atomic E-state index is 12.3. The van der Waals surface area contributed by atoms with Crippen molar-refractivity contribution in [3.63, 3.8) is 0 Å². The third kappa shape index (κ3) is 4.46. The zero-order chi connectivity index (χ0) is 20.7. The van der Waals surface area contributed by atoms with Crippen LogP contribution in [0.15, 0.2) is 24.3 Å². The van der Waals surface area contributed by atoms with E-state index >= 15 is 0 Å². The molecule has 154 valence electrons. The van der Waals surface area contributed by atoms with Crippen LogP contribution in [0, 0.1) is 0 Å². The van der Waals surface area contributed by atoms with E-state index < -0.39 is 5.60 Å². The first kappa shape index (κ1) is 21.0. The molecule has 2 aliphatic rings. The second-order valence-electron chi connectivity index (χ2n) is 9.64. The highest BCUT2D eigenvalue weighted by atomic mass is 16.7. The highest BCUT2D eigenvalue weighted by Gasteiger charge is 2.51. The Morgan fingerprint density at radius 2 is 1.61 bits per heavy atom. The van der Waals surface area contributed by atoms with Gasteiger partial charge in [-0.05, 0) is 66.1 Å². The number of piperazine rings is 1. The van der Waals surface area contributed by atoms with E-state index in [0.29, 0.717) is 13.1 Å². The van der Waals surface area contributed by atoms with Gasteiger partial charge in [0.2, 0.25) is 0 Å². The molecule has 2 heterocycles. The Balaban J connectivity index is 1.64. The van der Waals surface area contributed by atoms with Crippen LogP contribution in [0.2, 0.25) is 0 Å². The van der Waals surface area contributed by atoms with Crippen molar-refractivity contribution in [1.29, 1.82) is 0 Å². The summed E-state index contributed by atoms with van der Waals surface area (Å²) in [6, 6.07) is 8.31. The number of carbonyl (C=O) groups is 1. The third-order valence-corrected chi connectivity index (χ3v) is 5.69. The largest absolute Gasteiger partial charge is 0.494 e. The van der Waals surface area contributed by atoms with Crippen molar-refractivity contribution in [2.45, 2.75) is 65.3 Å². The number of ether oxygens (including phenoxy) is 1. The van der Waals surface area contributed by atoms with Gasteiger partial charge in [-0.15, -0.1) is 0 Å². The van der Waals surface area contributed by atoms with Gasteiger partial charge in [0.25, 0.3) is 0 Å². The summed E-state index contributed by atoms with van der Waals surface area (Å²) in [5, 5.41) is 0. The van der Waals surface area contributed by atoms with E-state index in [1.54, 1.807) is 4.90 Å². The fraction of sp³-hybridized carbons (Fsp3) is 0.667. The molecule has 1 amide bonds. The minimum atomic E-state index is -0.467. The Bertz CT molecular complexity index is 705. The molecule has 0 aliphatic carbocycles. The Labute approximate surface area is 169 Å². The Morgan fingerprint density at radius 1 is 1.04 bits per heavy atom. The van der Waals surface area contributed by atoms with Crippen molar-refractivity contribution < 1.29 is 18.8 Å². The quantitative estimate of drug-likeness (QED) is 0.729. The van der Waals surface area contributed by atoms with Gasteiger partial charge in [0.1, 0.15) is 5.60 Å². The molecule has 1 aromatic carbocycles. The number of anilines is 1. The van der Waals surface area contributed by atoms with E-state index in [9.17, 15) is 4.79 Å². The van der Waals surface area contributed by atoms with Crippen molar-refractivity contribution in [2.24, 2.45) is 0 Å². The molecule has 6 nitrogen and oxygen atoms in total. The van der Waals surface area contributed by atoms with Gasteiger partial charge in [-0.2, -0.15) is 0 Å². The summed E-state index contributed by atoms with van der Waals surface area (Å²) in [5.74, 6) is 0. The molecular weight excluding hydrogens is 355 g/mol. The maximum Gasteiger partial charge on any atom is 0.494 e. The molecule has 28 heavy (non-hydrogen) atoms. The predicted octanol–water partition coefficient (Wildman–Crippen LogP) is 3.04. The van der Waals surface area contributed by atoms with E-state index in [-0.39, 0.29) is 24.4 Å². The lowest BCUT2D eigenvalue weighted by molar-refractivity contribution is 0.00578. The first-order chi connectivity index (χ1) is 12.9. The van der Waals surface area contributed by atoms with Gasteiger partial charge in [0.05, 0.1) is 11.2 Å². The summed E-state index contributed by atoms with van der Waals surface area (Å²) in [6.07, 6.45) is -0.238. The molecule has 1 aromatic rings. The average Bonchev–Trinajstić information content (AvgIpc) is 2.81. The molecule has 0 bridgehead atoms. The van der Waals surface area contributed by atoms with E-state index in [4.69, 9.17) is 14.0 Å². The lowest BCUT2D eigenvalue weighted by atomic mass is 9.79. The lowest BCUT2D eigenvalue weighted by Gasteiger charge is -2.37. The number of nitrogens with zero attached hydrogens (tertiary/aromatic N) is 2. The van der Waals surface area contributed by atoms with Crippen LogP contribution in [0.1, 0.15) is 48.5 Å². The third-order valence-electron chi connectivity index (χ3n) is 5.69. The number of amides is 1. The lowest BCUT2D eigenvalue weighted by Crippen LogP contribution is -2.50. The molecule has 0 atom stereocenters. The van der Waals surface area contributed by atoms with E-state index in [2.05, 4.69) is 44.7 Å². The smallest absolute Gasteiger partial charge is 0.444 e. The van der Waals surface area contributed by atoms with Crippen molar-refractivity contribution in [3.05, 3.63) is 24.3 Å². The average molecular weight is 388 g/mol. The van der Waals surface area contributed by atoms with Crippen LogP contribution in [-0.4, -0.2) is 61.1 Å². The van der Waals surface area contributed by atoms with Crippen molar-refractivity contribution in [3.8, 4) is 0 Å². The number of benzene rings is 1. The minimum absolute atomic E-state index is 0.238. The molecule has 3 rings (SSSR count). The molecule has 0 radical (unpaired) electrons. The van der Waals surface area contributed by atoms with Crippen LogP contribution in [-0.2, 0) is 14.0 Å². The summed E-state index contributed by atoms with van der Waals surface area (Å²) >= 11 is 0. The SMILES string of the molecule is CC(C)(C)OC(=O)N1CCN(c2cccc(B3OC(C)(C)C(C)(C)O3)c2)CC1. The topological polar surface area (TPSA) is 51.2 Å². The van der Waals surface area contributed by atoms with Gasteiger partial charge in [-0.25, -0.2) is 4.79 Å². The van der Waals surface area contributed by atoms with Crippen LogP contribution < -0.4 is 10.4 Å². The summed E-state index contributed by atoms with van der Waals surface area (Å²) in [6.45, 7) is 16.8. The van der Waals surface area contributed by atoms with Crippen LogP contribution in [0.5, 0.6) is 0 Å². The van der Waals surface area contributed by atoms with Gasteiger partial charge < -0.3 is 23.8 Å². The summed E-state index contributed by atoms with van der Waals surface area (Å²) < 4.78 is 17.8. The molecule has 0 spiro atoms. The monoisotopic (exact) mass is 388 g/mol. The molecule has 0 N–H and O–H groups in total. The standard InChI is InChI=1S/C21H33BN2O4/c1-19(2,3)26-18(25)24-13-11-23(12-14-24)17-10-8-9-16(15-17)22-27-20(4,5)21(6,7)28-22/h8-10,15H,11-14H2,1-7H3. The van der Waals surface area contributed by atoms with Gasteiger partial charge in [-0.1, -0.05) is 12.1 Å². The van der Waals surface area contributed by atoms with Crippen LogP contribution >= 0.6 is 0 Å². The molecule has 2 fully saturated rings. The first-order valence-electron chi connectivity index (χ1n) is 10.1. The van der Waals surface area contributed by atoms with E-state index in [0.717, 1.165) is 24.2 Å². The molecule has 2 saturated heterocycles. The molecule has 0 unspecified atom stereocenters. The molecular formula is C21H33BN2O4. The van der Waals surface area contributed by atoms with Gasteiger partial charge in [-0.3, -0.25) is 0 Å². The second-order valence-corrected chi connectivity index (χ2v) is 9.64. The first-order valence-corrected chi connectivity index (χ1v) is 10.1. The van der Waals surface area contributed by atoms with Crippen LogP contribution in [0.3, 0.4) is 0 Å². The molecule has 0 aromatic heterocycles. The summed E-state index contributed by atoms with van der Waals surface area (Å²) in [7, 11) is -0.368. The van der Waals surface area contributed by atoms with E-state index in [1.807, 2.05) is 32.9 Å². The van der Waals surface area contributed by atoms with Crippen LogP contribution in [0.4, 0.5) is 10.5 Å². The molecule has 0 saturated carbocycles. The zero-order valence-electron chi connectivity index (χ0n) is 18.2. The molecule has 7 heteroatoms. The summed E-state index contributed by atoms with van der Waals surface area (Å²) in [5.41, 5.74) is 0.965. The summed E-state index contributed by atoms with van der Waals surface area (Å²) in [4.78, 5) is 16.3.